The van der Waals surface area contributed by atoms with E-state index >= 15 is 0 Å². The van der Waals surface area contributed by atoms with E-state index in [0.29, 0.717) is 25.1 Å². The van der Waals surface area contributed by atoms with Crippen LogP contribution in [-0.2, 0) is 6.54 Å². The Hall–Kier alpha value is -3.43. The summed E-state index contributed by atoms with van der Waals surface area (Å²) in [7, 11) is 0. The van der Waals surface area contributed by atoms with E-state index < -0.39 is 34.6 Å². The van der Waals surface area contributed by atoms with E-state index in [-0.39, 0.29) is 29.5 Å². The fraction of sp³-hybridized carbons (Fsp3) is 0.409. The third-order valence-corrected chi connectivity index (χ3v) is 6.11. The second-order valence-corrected chi connectivity index (χ2v) is 8.20. The molecule has 8 nitrogen and oxygen atoms in total. The summed E-state index contributed by atoms with van der Waals surface area (Å²) < 4.78 is 28.3. The van der Waals surface area contributed by atoms with Crippen molar-refractivity contribution in [2.45, 2.75) is 39.4 Å². The first kappa shape index (κ1) is 21.8. The smallest absolute Gasteiger partial charge is 0.278 e. The average molecular weight is 446 g/mol. The van der Waals surface area contributed by atoms with Gasteiger partial charge in [0.25, 0.3) is 11.8 Å². The molecule has 2 aliphatic rings. The summed E-state index contributed by atoms with van der Waals surface area (Å²) in [6, 6.07) is 2.95. The van der Waals surface area contributed by atoms with Gasteiger partial charge in [0.05, 0.1) is 0 Å². The predicted molar refractivity (Wildman–Crippen MR) is 112 cm³/mol. The number of nitrogens with one attached hydrogen (secondary N) is 1. The number of benzene rings is 1. The highest BCUT2D eigenvalue weighted by molar-refractivity contribution is 5.99. The molecule has 170 valence electrons. The Morgan fingerprint density at radius 2 is 2.03 bits per heavy atom. The summed E-state index contributed by atoms with van der Waals surface area (Å²) in [5.74, 6) is -3.29. The molecule has 0 unspecified atom stereocenters. The van der Waals surface area contributed by atoms with Crippen LogP contribution in [0, 0.1) is 17.6 Å². The Morgan fingerprint density at radius 1 is 1.28 bits per heavy atom. The molecule has 2 atom stereocenters. The summed E-state index contributed by atoms with van der Waals surface area (Å²) in [4.78, 5) is 40.1. The highest BCUT2D eigenvalue weighted by Crippen LogP contribution is 2.31. The van der Waals surface area contributed by atoms with Crippen LogP contribution in [0.25, 0.3) is 0 Å². The van der Waals surface area contributed by atoms with Crippen LogP contribution in [0.5, 0.6) is 5.75 Å². The predicted octanol–water partition coefficient (Wildman–Crippen LogP) is 1.93. The highest BCUT2D eigenvalue weighted by Gasteiger charge is 2.42. The molecule has 3 heterocycles. The van der Waals surface area contributed by atoms with Crippen molar-refractivity contribution in [2.75, 3.05) is 18.1 Å². The van der Waals surface area contributed by atoms with E-state index in [1.807, 2.05) is 11.9 Å². The molecule has 1 fully saturated rings. The van der Waals surface area contributed by atoms with Crippen LogP contribution in [0.2, 0.25) is 0 Å². The van der Waals surface area contributed by atoms with Gasteiger partial charge in [-0.2, -0.15) is 0 Å². The van der Waals surface area contributed by atoms with Crippen LogP contribution in [0.15, 0.2) is 29.2 Å². The first-order valence-electron chi connectivity index (χ1n) is 10.5. The molecule has 32 heavy (non-hydrogen) atoms. The van der Waals surface area contributed by atoms with Crippen molar-refractivity contribution in [3.05, 3.63) is 63.1 Å². The van der Waals surface area contributed by atoms with Gasteiger partial charge in [0.15, 0.2) is 11.4 Å². The summed E-state index contributed by atoms with van der Waals surface area (Å²) >= 11 is 0. The molecule has 0 saturated carbocycles. The Labute approximate surface area is 183 Å². The third-order valence-electron chi connectivity index (χ3n) is 6.11. The molecular formula is C22H24F2N4O4. The van der Waals surface area contributed by atoms with Crippen molar-refractivity contribution in [1.29, 1.82) is 0 Å². The SMILES string of the molecule is CCN1C(=O)c2c(O)c(=O)c(C(=O)NCc3ccc(F)cc3F)cn2N2CC[C@H](C)C[C@@H]12. The summed E-state index contributed by atoms with van der Waals surface area (Å²) in [6.07, 6.45) is 2.56. The quantitative estimate of drug-likeness (QED) is 0.749. The van der Waals surface area contributed by atoms with E-state index in [2.05, 4.69) is 12.2 Å². The van der Waals surface area contributed by atoms with Crippen LogP contribution in [0.4, 0.5) is 8.78 Å². The second kappa shape index (κ2) is 8.25. The van der Waals surface area contributed by atoms with Gasteiger partial charge in [0, 0.05) is 37.5 Å². The molecule has 0 aliphatic carbocycles. The van der Waals surface area contributed by atoms with Crippen molar-refractivity contribution in [1.82, 2.24) is 14.9 Å². The summed E-state index contributed by atoms with van der Waals surface area (Å²) in [5.41, 5.74) is -1.49. The first-order valence-corrected chi connectivity index (χ1v) is 10.5. The number of amides is 2. The van der Waals surface area contributed by atoms with Gasteiger partial charge in [0.1, 0.15) is 23.4 Å². The van der Waals surface area contributed by atoms with E-state index in [1.54, 1.807) is 4.90 Å². The Morgan fingerprint density at radius 3 is 2.72 bits per heavy atom. The molecule has 1 aromatic carbocycles. The Kier molecular flexibility index (Phi) is 5.62. The zero-order chi connectivity index (χ0) is 23.2. The number of carbonyl (C=O) groups is 2. The second-order valence-electron chi connectivity index (χ2n) is 8.20. The number of hydrogen-bond acceptors (Lipinski definition) is 5. The zero-order valence-corrected chi connectivity index (χ0v) is 17.8. The van der Waals surface area contributed by atoms with E-state index in [4.69, 9.17) is 0 Å². The lowest BCUT2D eigenvalue weighted by molar-refractivity contribution is 0.0496. The molecule has 2 N–H and O–H groups in total. The van der Waals surface area contributed by atoms with Gasteiger partial charge in [0.2, 0.25) is 5.43 Å². The van der Waals surface area contributed by atoms with Crippen LogP contribution >= 0.6 is 0 Å². The van der Waals surface area contributed by atoms with Crippen LogP contribution in [0.1, 0.15) is 53.1 Å². The Bertz CT molecular complexity index is 1150. The molecule has 2 aromatic rings. The zero-order valence-electron chi connectivity index (χ0n) is 17.8. The van der Waals surface area contributed by atoms with Crippen molar-refractivity contribution in [3.63, 3.8) is 0 Å². The molecule has 1 aromatic heterocycles. The van der Waals surface area contributed by atoms with Gasteiger partial charge >= 0.3 is 0 Å². The third kappa shape index (κ3) is 3.59. The lowest BCUT2D eigenvalue weighted by Crippen LogP contribution is -2.64. The minimum Gasteiger partial charge on any atom is -0.502 e. The van der Waals surface area contributed by atoms with Crippen LogP contribution < -0.4 is 15.8 Å². The number of carbonyl (C=O) groups excluding carboxylic acids is 2. The number of aromatic hydroxyl groups is 1. The number of pyridine rings is 1. The number of aromatic nitrogens is 1. The molecule has 4 rings (SSSR count). The molecule has 0 bridgehead atoms. The molecular weight excluding hydrogens is 422 g/mol. The van der Waals surface area contributed by atoms with Crippen LogP contribution in [-0.4, -0.2) is 45.8 Å². The fourth-order valence-electron chi connectivity index (χ4n) is 4.35. The number of halogens is 2. The van der Waals surface area contributed by atoms with Gasteiger partial charge in [-0.3, -0.25) is 24.1 Å². The molecule has 2 aliphatic heterocycles. The Balaban J connectivity index is 1.69. The number of hydrogen-bond donors (Lipinski definition) is 2. The number of fused-ring (bicyclic) bond motifs is 3. The van der Waals surface area contributed by atoms with Crippen LogP contribution in [0.3, 0.4) is 0 Å². The van der Waals surface area contributed by atoms with Crippen molar-refractivity contribution in [2.24, 2.45) is 5.92 Å². The van der Waals surface area contributed by atoms with Gasteiger partial charge in [-0.05, 0) is 31.7 Å². The number of piperidine rings is 1. The fourth-order valence-corrected chi connectivity index (χ4v) is 4.35. The lowest BCUT2D eigenvalue weighted by Gasteiger charge is -2.50. The maximum atomic E-state index is 13.9. The van der Waals surface area contributed by atoms with E-state index in [0.717, 1.165) is 18.9 Å². The van der Waals surface area contributed by atoms with Gasteiger partial charge < -0.3 is 15.3 Å². The number of nitrogens with zero attached hydrogens (tertiary/aromatic N) is 3. The molecule has 0 radical (unpaired) electrons. The topological polar surface area (TPSA) is 94.9 Å². The normalized spacial score (nSPS) is 20.1. The molecule has 10 heteroatoms. The minimum absolute atomic E-state index is 0.0425. The average Bonchev–Trinajstić information content (AvgIpc) is 2.75. The number of rotatable bonds is 4. The highest BCUT2D eigenvalue weighted by atomic mass is 19.1. The largest absolute Gasteiger partial charge is 0.502 e. The maximum Gasteiger partial charge on any atom is 0.278 e. The van der Waals surface area contributed by atoms with Gasteiger partial charge in [-0.15, -0.1) is 0 Å². The minimum atomic E-state index is -0.985. The molecule has 1 saturated heterocycles. The summed E-state index contributed by atoms with van der Waals surface area (Å²) in [5, 5.41) is 14.9. The van der Waals surface area contributed by atoms with E-state index in [1.165, 1.54) is 16.9 Å². The maximum absolute atomic E-state index is 13.9. The first-order chi connectivity index (χ1) is 15.2. The standard InChI is InChI=1S/C22H24F2N4O4/c1-3-26-17-8-12(2)6-7-27(17)28-11-15(19(29)20(30)18(28)22(26)32)21(31)25-10-13-4-5-14(23)9-16(13)24/h4-5,9,11-12,17,30H,3,6-8,10H2,1-2H3,(H,25,31)/t12-,17-/m0/s1. The van der Waals surface area contributed by atoms with Crippen molar-refractivity contribution < 1.29 is 23.5 Å². The van der Waals surface area contributed by atoms with Gasteiger partial charge in [-0.1, -0.05) is 13.0 Å². The lowest BCUT2D eigenvalue weighted by atomic mass is 9.95. The van der Waals surface area contributed by atoms with Gasteiger partial charge in [-0.25, -0.2) is 8.78 Å². The van der Waals surface area contributed by atoms with E-state index in [9.17, 15) is 28.3 Å². The monoisotopic (exact) mass is 446 g/mol. The van der Waals surface area contributed by atoms with Crippen molar-refractivity contribution >= 4 is 11.8 Å². The molecule has 2 amide bonds. The molecule has 0 spiro atoms. The summed E-state index contributed by atoms with van der Waals surface area (Å²) in [6.45, 7) is 4.63. The van der Waals surface area contributed by atoms with Crippen molar-refractivity contribution in [3.8, 4) is 5.75 Å².